The first kappa shape index (κ1) is 15.4. The van der Waals surface area contributed by atoms with Crippen molar-refractivity contribution in [2.75, 3.05) is 26.2 Å². The lowest BCUT2D eigenvalue weighted by Gasteiger charge is -2.31. The molecule has 1 saturated heterocycles. The molecule has 1 N–H and O–H groups in total. The molecule has 4 rings (SSSR count). The molecule has 0 unspecified atom stereocenters. The molecule has 7 nitrogen and oxygen atoms in total. The minimum absolute atomic E-state index is 0.142. The highest BCUT2D eigenvalue weighted by molar-refractivity contribution is 7.13. The number of carbonyl (C=O) groups is 1. The Bertz CT molecular complexity index is 790. The van der Waals surface area contributed by atoms with Gasteiger partial charge in [-0.25, -0.2) is 0 Å². The largest absolute Gasteiger partial charge is 0.327 e. The zero-order valence-corrected chi connectivity index (χ0v) is 14.6. The zero-order valence-electron chi connectivity index (χ0n) is 13.0. The molecular weight excluding hydrogens is 344 g/mol. The lowest BCUT2D eigenvalue weighted by atomic mass is 10.3. The Kier molecular flexibility index (Phi) is 4.37. The van der Waals surface area contributed by atoms with Gasteiger partial charge in [0, 0.05) is 0 Å². The van der Waals surface area contributed by atoms with E-state index in [1.165, 1.54) is 16.2 Å². The van der Waals surface area contributed by atoms with Crippen LogP contribution in [-0.2, 0) is 6.67 Å². The van der Waals surface area contributed by atoms with Gasteiger partial charge < -0.3 is 9.80 Å². The summed E-state index contributed by atoms with van der Waals surface area (Å²) in [7, 11) is 0. The number of rotatable bonds is 4. The third kappa shape index (κ3) is 3.23. The van der Waals surface area contributed by atoms with Crippen molar-refractivity contribution in [3.63, 3.8) is 0 Å². The highest BCUT2D eigenvalue weighted by Crippen LogP contribution is 2.19. The van der Waals surface area contributed by atoms with Crippen molar-refractivity contribution >= 4 is 28.6 Å². The Morgan fingerprint density at radius 3 is 2.67 bits per heavy atom. The molecule has 1 aliphatic heterocycles. The maximum atomic E-state index is 12.3. The minimum atomic E-state index is 0.142. The van der Waals surface area contributed by atoms with Crippen LogP contribution in [0.2, 0.25) is 0 Å². The summed E-state index contributed by atoms with van der Waals surface area (Å²) in [5.41, 5.74) is 0. The van der Waals surface area contributed by atoms with Crippen LogP contribution in [0.15, 0.2) is 35.0 Å². The number of piperazine rings is 1. The molecule has 24 heavy (non-hydrogen) atoms. The van der Waals surface area contributed by atoms with Gasteiger partial charge in [-0.1, -0.05) is 12.1 Å². The smallest absolute Gasteiger partial charge is 0.264 e. The standard InChI is InChI=1S/C15H16N6OS2/c22-15(13-4-2-10-24-13)20-7-5-19(6-8-20)11-21-17-14(16-18-21)12-3-1-9-23-12/h1-4,9-10H,5-8,11H2/p+1. The molecule has 1 fully saturated rings. The van der Waals surface area contributed by atoms with Gasteiger partial charge in [0.25, 0.3) is 5.91 Å². The highest BCUT2D eigenvalue weighted by atomic mass is 32.1. The Balaban J connectivity index is 1.33. The maximum Gasteiger partial charge on any atom is 0.264 e. The second kappa shape index (κ2) is 6.80. The Labute approximate surface area is 147 Å². The first-order chi connectivity index (χ1) is 11.8. The number of quaternary nitrogens is 1. The third-order valence-corrected chi connectivity index (χ3v) is 5.77. The van der Waals surface area contributed by atoms with Crippen LogP contribution in [0.4, 0.5) is 0 Å². The number of nitrogens with zero attached hydrogens (tertiary/aromatic N) is 5. The van der Waals surface area contributed by atoms with Crippen molar-refractivity contribution in [3.8, 4) is 10.7 Å². The van der Waals surface area contributed by atoms with Gasteiger partial charge in [-0.3, -0.25) is 4.79 Å². The van der Waals surface area contributed by atoms with E-state index in [9.17, 15) is 4.79 Å². The number of thiophene rings is 2. The van der Waals surface area contributed by atoms with Crippen LogP contribution in [0, 0.1) is 0 Å². The number of hydrogen-bond acceptors (Lipinski definition) is 6. The third-order valence-electron chi connectivity index (χ3n) is 4.05. The van der Waals surface area contributed by atoms with Crippen molar-refractivity contribution in [2.45, 2.75) is 6.67 Å². The number of hydrogen-bond donors (Lipinski definition) is 1. The fourth-order valence-corrected chi connectivity index (χ4v) is 4.09. The molecule has 4 heterocycles. The molecule has 9 heteroatoms. The SMILES string of the molecule is O=C(c1cccs1)N1CC[NH+](Cn2nnc(-c3cccs3)n2)CC1. The second-order valence-corrected chi connectivity index (χ2v) is 7.54. The molecule has 0 aromatic carbocycles. The molecule has 3 aromatic heterocycles. The van der Waals surface area contributed by atoms with E-state index in [0.717, 1.165) is 35.9 Å². The van der Waals surface area contributed by atoms with E-state index in [1.54, 1.807) is 16.1 Å². The number of tetrazole rings is 1. The quantitative estimate of drug-likeness (QED) is 0.733. The van der Waals surface area contributed by atoms with Gasteiger partial charge in [0.2, 0.25) is 5.82 Å². The Morgan fingerprint density at radius 1 is 1.17 bits per heavy atom. The molecule has 124 valence electrons. The zero-order chi connectivity index (χ0) is 16.4. The van der Waals surface area contributed by atoms with Crippen molar-refractivity contribution < 1.29 is 9.69 Å². The van der Waals surface area contributed by atoms with Crippen molar-refractivity contribution in [3.05, 3.63) is 39.9 Å². The van der Waals surface area contributed by atoms with Gasteiger partial charge in [0.1, 0.15) is 0 Å². The van der Waals surface area contributed by atoms with Crippen LogP contribution in [0.25, 0.3) is 10.7 Å². The fourth-order valence-electron chi connectivity index (χ4n) is 2.75. The minimum Gasteiger partial charge on any atom is -0.327 e. The summed E-state index contributed by atoms with van der Waals surface area (Å²) in [6.07, 6.45) is 0. The normalized spacial score (nSPS) is 15.8. The van der Waals surface area contributed by atoms with Gasteiger partial charge >= 0.3 is 0 Å². The van der Waals surface area contributed by atoms with Crippen molar-refractivity contribution in [2.24, 2.45) is 0 Å². The van der Waals surface area contributed by atoms with Gasteiger partial charge in [0.05, 0.1) is 35.9 Å². The molecule has 0 atom stereocenters. The average Bonchev–Trinajstić information content (AvgIpc) is 3.36. The molecule has 1 aliphatic rings. The van der Waals surface area contributed by atoms with Crippen LogP contribution < -0.4 is 4.90 Å². The van der Waals surface area contributed by atoms with E-state index in [1.807, 2.05) is 39.9 Å². The number of carbonyl (C=O) groups excluding carboxylic acids is 1. The van der Waals surface area contributed by atoms with E-state index < -0.39 is 0 Å². The molecule has 0 aliphatic carbocycles. The first-order valence-electron chi connectivity index (χ1n) is 7.77. The van der Waals surface area contributed by atoms with Crippen LogP contribution >= 0.6 is 22.7 Å². The predicted molar refractivity (Wildman–Crippen MR) is 92.0 cm³/mol. The van der Waals surface area contributed by atoms with E-state index >= 15 is 0 Å². The summed E-state index contributed by atoms with van der Waals surface area (Å²) >= 11 is 3.11. The van der Waals surface area contributed by atoms with Crippen LogP contribution in [0.5, 0.6) is 0 Å². The Morgan fingerprint density at radius 2 is 1.96 bits per heavy atom. The van der Waals surface area contributed by atoms with Gasteiger partial charge in [0.15, 0.2) is 6.67 Å². The second-order valence-electron chi connectivity index (χ2n) is 5.64. The molecule has 0 spiro atoms. The fraction of sp³-hybridized carbons (Fsp3) is 0.333. The number of amides is 1. The summed E-state index contributed by atoms with van der Waals surface area (Å²) in [5.74, 6) is 0.818. The molecule has 0 radical (unpaired) electrons. The lowest BCUT2D eigenvalue weighted by molar-refractivity contribution is -0.927. The summed E-state index contributed by atoms with van der Waals surface area (Å²) < 4.78 is 0. The average molecular weight is 361 g/mol. The highest BCUT2D eigenvalue weighted by Gasteiger charge is 2.25. The van der Waals surface area contributed by atoms with Gasteiger partial charge in [-0.05, 0) is 28.1 Å². The van der Waals surface area contributed by atoms with Crippen LogP contribution in [0.3, 0.4) is 0 Å². The summed E-state index contributed by atoms with van der Waals surface area (Å²) in [4.78, 5) is 19.1. The van der Waals surface area contributed by atoms with E-state index in [0.29, 0.717) is 12.5 Å². The monoisotopic (exact) mass is 361 g/mol. The summed E-state index contributed by atoms with van der Waals surface area (Å²) in [6.45, 7) is 4.00. The first-order valence-corrected chi connectivity index (χ1v) is 9.53. The lowest BCUT2D eigenvalue weighted by Crippen LogP contribution is -3.14. The van der Waals surface area contributed by atoms with E-state index in [4.69, 9.17) is 0 Å². The van der Waals surface area contributed by atoms with Gasteiger partial charge in [-0.15, -0.1) is 37.7 Å². The Hall–Kier alpha value is -2.10. The number of aromatic nitrogens is 4. The summed E-state index contributed by atoms with van der Waals surface area (Å²) in [5, 5.41) is 16.7. The van der Waals surface area contributed by atoms with E-state index in [-0.39, 0.29) is 5.91 Å². The molecule has 0 saturated carbocycles. The van der Waals surface area contributed by atoms with Crippen molar-refractivity contribution in [1.29, 1.82) is 0 Å². The maximum absolute atomic E-state index is 12.3. The molecule has 1 amide bonds. The van der Waals surface area contributed by atoms with E-state index in [2.05, 4.69) is 15.4 Å². The topological polar surface area (TPSA) is 68.4 Å². The summed E-state index contributed by atoms with van der Waals surface area (Å²) in [6, 6.07) is 7.78. The molecule has 0 bridgehead atoms. The number of nitrogens with one attached hydrogen (secondary N) is 1. The molecule has 3 aromatic rings. The van der Waals surface area contributed by atoms with Crippen molar-refractivity contribution in [1.82, 2.24) is 25.1 Å². The van der Waals surface area contributed by atoms with Crippen LogP contribution in [-0.4, -0.2) is 57.2 Å². The van der Waals surface area contributed by atoms with Gasteiger partial charge in [-0.2, -0.15) is 0 Å². The van der Waals surface area contributed by atoms with Crippen LogP contribution in [0.1, 0.15) is 9.67 Å². The molecular formula is C15H17N6OS2+. The predicted octanol–water partition coefficient (Wildman–Crippen LogP) is 0.461.